The normalized spacial score (nSPS) is 14.4. The summed E-state index contributed by atoms with van der Waals surface area (Å²) in [6.07, 6.45) is 13.0. The topological polar surface area (TPSA) is 77.3 Å². The predicted molar refractivity (Wildman–Crippen MR) is 393 cm³/mol. The number of rotatable bonds is 10. The summed E-state index contributed by atoms with van der Waals surface area (Å²) in [5, 5.41) is 0. The number of hydrogen-bond acceptors (Lipinski definition) is 6. The van der Waals surface area contributed by atoms with E-state index in [1.54, 1.807) is 0 Å². The molecular weight excluding hydrogens is 1170 g/mol. The van der Waals surface area contributed by atoms with Gasteiger partial charge in [0.25, 0.3) is 0 Å². The monoisotopic (exact) mass is 1230 g/mol. The second-order valence-corrected chi connectivity index (χ2v) is 26.3. The minimum atomic E-state index is 0.181. The van der Waals surface area contributed by atoms with E-state index < -0.39 is 0 Å². The largest absolute Gasteiger partial charge is 0.208 e. The lowest BCUT2D eigenvalue weighted by Crippen LogP contribution is -2.27. The average molecular weight is 1240 g/mol. The second kappa shape index (κ2) is 25.2. The summed E-state index contributed by atoms with van der Waals surface area (Å²) in [4.78, 5) is 29.5. The van der Waals surface area contributed by atoms with E-state index in [1.807, 2.05) is 121 Å². The molecule has 96 heavy (non-hydrogen) atoms. The Bertz CT molecular complexity index is 5050. The Hall–Kier alpha value is -11.3. The molecule has 0 bridgehead atoms. The number of benzene rings is 12. The zero-order chi connectivity index (χ0) is 63.8. The fourth-order valence-electron chi connectivity index (χ4n) is 16.0. The maximum atomic E-state index is 4.96. The molecule has 0 atom stereocenters. The molecule has 2 fully saturated rings. The molecule has 0 aliphatic heterocycles. The van der Waals surface area contributed by atoms with E-state index in [0.717, 1.165) is 50.1 Å². The standard InChI is InChI=1S/2C45H35N3/c1-4-14-31(15-5-1)42-46-43(32-16-6-2-7-17-32)48-44(47-42)37-21-13-20-35(29-37)33-18-12-19-34(28-33)36-24-25-41-39(30-36)38-22-8-9-23-40(38)45(41)26-10-3-11-27-45;1-4-13-33(14-5-1)42-46-43(34-15-6-2-7-16-34)48-44(47-42)37-18-12-17-35(29-37)31-21-23-32(24-22-31)36-25-26-41-39(30-36)38-19-8-9-20-40(38)45(41)27-10-3-11-28-45/h1-2,4-9,12-25,28-30H,3,10-11,26-27H2;1-2,4-9,12-26,29-30H,3,10-11,27-28H2. The first-order valence-electron chi connectivity index (χ1n) is 34.2. The van der Waals surface area contributed by atoms with Gasteiger partial charge >= 0.3 is 0 Å². The first-order chi connectivity index (χ1) is 47.5. The van der Waals surface area contributed by atoms with Gasteiger partial charge in [0, 0.05) is 44.2 Å². The molecule has 0 amide bonds. The zero-order valence-electron chi connectivity index (χ0n) is 53.6. The van der Waals surface area contributed by atoms with Crippen LogP contribution in [0.15, 0.2) is 303 Å². The number of hydrogen-bond donors (Lipinski definition) is 0. The number of aromatic nitrogens is 6. The molecule has 18 rings (SSSR count). The second-order valence-electron chi connectivity index (χ2n) is 26.3. The molecule has 0 unspecified atom stereocenters. The summed E-state index contributed by atoms with van der Waals surface area (Å²) in [7, 11) is 0. The van der Waals surface area contributed by atoms with Crippen molar-refractivity contribution in [1.29, 1.82) is 0 Å². The maximum Gasteiger partial charge on any atom is 0.164 e. The highest BCUT2D eigenvalue weighted by Crippen LogP contribution is 2.58. The van der Waals surface area contributed by atoms with Crippen molar-refractivity contribution in [2.45, 2.75) is 75.0 Å². The van der Waals surface area contributed by atoms with Gasteiger partial charge in [-0.25, -0.2) is 29.9 Å². The summed E-state index contributed by atoms with van der Waals surface area (Å²) < 4.78 is 0. The van der Waals surface area contributed by atoms with Crippen molar-refractivity contribution in [2.75, 3.05) is 0 Å². The van der Waals surface area contributed by atoms with Gasteiger partial charge in [0.2, 0.25) is 0 Å². The van der Waals surface area contributed by atoms with Crippen molar-refractivity contribution in [2.24, 2.45) is 0 Å². The Kier molecular flexibility index (Phi) is 15.3. The van der Waals surface area contributed by atoms with E-state index in [2.05, 4.69) is 182 Å². The molecule has 2 saturated carbocycles. The first-order valence-corrected chi connectivity index (χ1v) is 34.2. The molecule has 0 radical (unpaired) electrons. The van der Waals surface area contributed by atoms with Gasteiger partial charge in [-0.1, -0.05) is 312 Å². The minimum absolute atomic E-state index is 0.181. The Balaban J connectivity index is 0.000000145. The highest BCUT2D eigenvalue weighted by atomic mass is 15.0. The highest BCUT2D eigenvalue weighted by Gasteiger charge is 2.45. The van der Waals surface area contributed by atoms with Gasteiger partial charge in [-0.15, -0.1) is 0 Å². The lowest BCUT2D eigenvalue weighted by atomic mass is 9.68. The molecule has 0 saturated heterocycles. The van der Waals surface area contributed by atoms with Crippen LogP contribution in [0.25, 0.3) is 135 Å². The predicted octanol–water partition coefficient (Wildman–Crippen LogP) is 22.9. The summed E-state index contributed by atoms with van der Waals surface area (Å²) in [5.74, 6) is 3.99. The van der Waals surface area contributed by atoms with Gasteiger partial charge in [-0.05, 0) is 145 Å². The third-order valence-corrected chi connectivity index (χ3v) is 20.7. The Labute approximate surface area is 562 Å². The van der Waals surface area contributed by atoms with Crippen LogP contribution in [0, 0.1) is 0 Å². The van der Waals surface area contributed by atoms with Crippen LogP contribution in [0.1, 0.15) is 86.5 Å². The molecule has 2 aromatic heterocycles. The smallest absolute Gasteiger partial charge is 0.164 e. The van der Waals surface area contributed by atoms with Gasteiger partial charge in [-0.2, -0.15) is 0 Å². The van der Waals surface area contributed by atoms with Crippen LogP contribution in [0.4, 0.5) is 0 Å². The molecule has 14 aromatic rings. The van der Waals surface area contributed by atoms with Crippen molar-refractivity contribution in [3.05, 3.63) is 326 Å². The summed E-state index contributed by atoms with van der Waals surface area (Å²) >= 11 is 0. The maximum absolute atomic E-state index is 4.96. The van der Waals surface area contributed by atoms with Crippen LogP contribution in [0.3, 0.4) is 0 Å². The van der Waals surface area contributed by atoms with E-state index in [-0.39, 0.29) is 10.8 Å². The molecule has 4 aliphatic rings. The molecule has 12 aromatic carbocycles. The fourth-order valence-corrected chi connectivity index (χ4v) is 16.0. The van der Waals surface area contributed by atoms with Gasteiger partial charge in [0.15, 0.2) is 34.9 Å². The number of fused-ring (bicyclic) bond motifs is 10. The Morgan fingerprint density at radius 1 is 0.167 bits per heavy atom. The summed E-state index contributed by atoms with van der Waals surface area (Å²) in [6.45, 7) is 0. The minimum Gasteiger partial charge on any atom is -0.208 e. The Morgan fingerprint density at radius 3 is 0.760 bits per heavy atom. The average Bonchev–Trinajstić information content (AvgIpc) is 1.57. The molecule has 2 spiro atoms. The number of nitrogens with zero attached hydrogens (tertiary/aromatic N) is 6. The van der Waals surface area contributed by atoms with E-state index in [9.17, 15) is 0 Å². The van der Waals surface area contributed by atoms with Crippen molar-refractivity contribution in [1.82, 2.24) is 29.9 Å². The molecule has 6 heteroatoms. The van der Waals surface area contributed by atoms with Crippen molar-refractivity contribution in [3.8, 4) is 135 Å². The first kappa shape index (κ1) is 58.5. The molecule has 6 nitrogen and oxygen atoms in total. The van der Waals surface area contributed by atoms with Crippen LogP contribution < -0.4 is 0 Å². The highest BCUT2D eigenvalue weighted by molar-refractivity contribution is 5.88. The quantitative estimate of drug-likeness (QED) is 0.136. The lowest BCUT2D eigenvalue weighted by molar-refractivity contribution is 0.353. The molecule has 4 aliphatic carbocycles. The van der Waals surface area contributed by atoms with Gasteiger partial charge < -0.3 is 0 Å². The van der Waals surface area contributed by atoms with E-state index in [1.165, 1.54) is 137 Å². The van der Waals surface area contributed by atoms with Crippen LogP contribution in [0.2, 0.25) is 0 Å². The van der Waals surface area contributed by atoms with Crippen molar-refractivity contribution < 1.29 is 0 Å². The third-order valence-electron chi connectivity index (χ3n) is 20.7. The van der Waals surface area contributed by atoms with Gasteiger partial charge in [0.1, 0.15) is 0 Å². The fraction of sp³-hybridized carbons (Fsp3) is 0.133. The van der Waals surface area contributed by atoms with E-state index in [0.29, 0.717) is 34.9 Å². The Morgan fingerprint density at radius 2 is 0.406 bits per heavy atom. The third kappa shape index (κ3) is 10.9. The SMILES string of the molecule is c1ccc(-c2nc(-c3ccccc3)nc(-c3cccc(-c4ccc(-c5ccc6c(c5)-c5ccccc5C65CCCCC5)cc4)c3)n2)cc1.c1ccc(-c2nc(-c3ccccc3)nc(-c3cccc(-c4cccc(-c5ccc6c(c5)-c5ccccc5C65CCCCC5)c4)c3)n2)cc1. The molecule has 0 N–H and O–H groups in total. The molecule has 2 heterocycles. The summed E-state index contributed by atoms with van der Waals surface area (Å²) in [6, 6.07) is 108. The van der Waals surface area contributed by atoms with Gasteiger partial charge in [0.05, 0.1) is 0 Å². The molecular formula is C90H70N6. The lowest BCUT2D eigenvalue weighted by Gasteiger charge is -2.36. The van der Waals surface area contributed by atoms with Crippen molar-refractivity contribution >= 4 is 0 Å². The van der Waals surface area contributed by atoms with Gasteiger partial charge in [-0.3, -0.25) is 0 Å². The van der Waals surface area contributed by atoms with Crippen LogP contribution >= 0.6 is 0 Å². The van der Waals surface area contributed by atoms with Crippen LogP contribution in [0.5, 0.6) is 0 Å². The molecule has 460 valence electrons. The summed E-state index contributed by atoms with van der Waals surface area (Å²) in [5.41, 5.74) is 27.5. The van der Waals surface area contributed by atoms with E-state index >= 15 is 0 Å². The van der Waals surface area contributed by atoms with E-state index in [4.69, 9.17) is 29.9 Å². The van der Waals surface area contributed by atoms with Crippen LogP contribution in [-0.4, -0.2) is 29.9 Å². The van der Waals surface area contributed by atoms with Crippen molar-refractivity contribution in [3.63, 3.8) is 0 Å². The zero-order valence-corrected chi connectivity index (χ0v) is 53.6. The van der Waals surface area contributed by atoms with Crippen LogP contribution in [-0.2, 0) is 10.8 Å².